The van der Waals surface area contributed by atoms with Crippen LogP contribution in [-0.2, 0) is 19.8 Å². The Morgan fingerprint density at radius 1 is 0.719 bits per heavy atom. The zero-order chi connectivity index (χ0) is 21.5. The second-order valence-electron chi connectivity index (χ2n) is 7.06. The second kappa shape index (κ2) is 11.3. The van der Waals surface area contributed by atoms with Gasteiger partial charge >= 0.3 is 0 Å². The van der Waals surface area contributed by atoms with Crippen molar-refractivity contribution in [2.75, 3.05) is 0 Å². The molecule has 164 valence electrons. The number of rotatable bonds is 8. The second-order valence-corrected chi connectivity index (χ2v) is 7.06. The maximum absolute atomic E-state index is 13.7. The summed E-state index contributed by atoms with van der Waals surface area (Å²) in [7, 11) is 0. The molecule has 0 unspecified atom stereocenters. The van der Waals surface area contributed by atoms with Crippen molar-refractivity contribution in [3.8, 4) is 22.9 Å². The molecule has 6 heteroatoms. The van der Waals surface area contributed by atoms with E-state index in [0.717, 1.165) is 22.3 Å². The van der Waals surface area contributed by atoms with Crippen LogP contribution >= 0.6 is 12.4 Å². The van der Waals surface area contributed by atoms with Crippen LogP contribution in [0.5, 0.6) is 11.8 Å². The molecule has 0 bridgehead atoms. The van der Waals surface area contributed by atoms with Gasteiger partial charge in [0.05, 0.1) is 0 Å². The normalized spacial score (nSPS) is 10.3. The standard InChI is InChI=1S/C26H23FN2O2.ClH/c27-22-11-12-23(21(15-22)16-28)24-13-14-25(30-17-19-7-3-1-4-8-19)29-26(24)31-18-20-9-5-2-6-10-20;/h1-15H,16-18,28H2;1H. The molecular weight excluding hydrogens is 427 g/mol. The first-order chi connectivity index (χ1) is 15.2. The number of aromatic nitrogens is 1. The molecule has 0 fully saturated rings. The summed E-state index contributed by atoms with van der Waals surface area (Å²) in [6.07, 6.45) is 0. The number of ether oxygens (including phenoxy) is 2. The van der Waals surface area contributed by atoms with E-state index in [0.29, 0.717) is 30.5 Å². The number of nitrogens with zero attached hydrogens (tertiary/aromatic N) is 1. The summed E-state index contributed by atoms with van der Waals surface area (Å²) < 4.78 is 25.7. The highest BCUT2D eigenvalue weighted by Gasteiger charge is 2.15. The molecule has 4 aromatic rings. The first-order valence-electron chi connectivity index (χ1n) is 10.1. The summed E-state index contributed by atoms with van der Waals surface area (Å²) >= 11 is 0. The van der Waals surface area contributed by atoms with Crippen LogP contribution < -0.4 is 15.2 Å². The zero-order valence-electron chi connectivity index (χ0n) is 17.4. The van der Waals surface area contributed by atoms with Crippen molar-refractivity contribution in [3.05, 3.63) is 114 Å². The molecule has 0 radical (unpaired) electrons. The van der Waals surface area contributed by atoms with Crippen LogP contribution in [0.1, 0.15) is 16.7 Å². The van der Waals surface area contributed by atoms with E-state index in [4.69, 9.17) is 15.2 Å². The predicted octanol–water partition coefficient (Wildman–Crippen LogP) is 5.93. The largest absolute Gasteiger partial charge is 0.473 e. The third-order valence-corrected chi connectivity index (χ3v) is 4.86. The molecule has 0 aliphatic heterocycles. The average Bonchev–Trinajstić information content (AvgIpc) is 2.83. The Hall–Kier alpha value is -3.41. The van der Waals surface area contributed by atoms with Crippen LogP contribution in [-0.4, -0.2) is 4.98 Å². The van der Waals surface area contributed by atoms with E-state index in [1.807, 2.05) is 66.7 Å². The number of benzene rings is 3. The molecule has 3 aromatic carbocycles. The van der Waals surface area contributed by atoms with E-state index in [1.54, 1.807) is 12.1 Å². The van der Waals surface area contributed by atoms with Gasteiger partial charge < -0.3 is 15.2 Å². The molecule has 0 aliphatic rings. The summed E-state index contributed by atoms with van der Waals surface area (Å²) in [5, 5.41) is 0. The fourth-order valence-electron chi connectivity index (χ4n) is 3.27. The van der Waals surface area contributed by atoms with Crippen LogP contribution in [0.2, 0.25) is 0 Å². The van der Waals surface area contributed by atoms with Crippen molar-refractivity contribution in [2.24, 2.45) is 5.73 Å². The van der Waals surface area contributed by atoms with Gasteiger partial charge in [-0.1, -0.05) is 66.7 Å². The van der Waals surface area contributed by atoms with Crippen molar-refractivity contribution in [1.82, 2.24) is 4.98 Å². The summed E-state index contributed by atoms with van der Waals surface area (Å²) in [5.41, 5.74) is 10.1. The number of hydrogen-bond donors (Lipinski definition) is 1. The van der Waals surface area contributed by atoms with Crippen LogP contribution in [0.3, 0.4) is 0 Å². The molecule has 0 spiro atoms. The molecule has 2 N–H and O–H groups in total. The molecule has 1 aromatic heterocycles. The van der Waals surface area contributed by atoms with Gasteiger partial charge in [0.2, 0.25) is 11.8 Å². The Kier molecular flexibility index (Phi) is 8.20. The summed E-state index contributed by atoms with van der Waals surface area (Å²) in [4.78, 5) is 4.60. The van der Waals surface area contributed by atoms with Crippen molar-refractivity contribution >= 4 is 12.4 Å². The van der Waals surface area contributed by atoms with Crippen LogP contribution in [0, 0.1) is 5.82 Å². The fourth-order valence-corrected chi connectivity index (χ4v) is 3.27. The lowest BCUT2D eigenvalue weighted by molar-refractivity contribution is 0.268. The minimum Gasteiger partial charge on any atom is -0.473 e. The molecule has 4 nitrogen and oxygen atoms in total. The Morgan fingerprint density at radius 2 is 1.31 bits per heavy atom. The van der Waals surface area contributed by atoms with Gasteiger partial charge in [-0.15, -0.1) is 12.4 Å². The van der Waals surface area contributed by atoms with E-state index in [-0.39, 0.29) is 24.8 Å². The molecule has 32 heavy (non-hydrogen) atoms. The Bertz CT molecular complexity index is 1140. The minimum absolute atomic E-state index is 0. The first kappa shape index (κ1) is 23.3. The van der Waals surface area contributed by atoms with Gasteiger partial charge in [0.15, 0.2) is 0 Å². The topological polar surface area (TPSA) is 57.4 Å². The van der Waals surface area contributed by atoms with Gasteiger partial charge in [-0.2, -0.15) is 4.98 Å². The van der Waals surface area contributed by atoms with Crippen molar-refractivity contribution in [2.45, 2.75) is 19.8 Å². The van der Waals surface area contributed by atoms with Crippen LogP contribution in [0.25, 0.3) is 11.1 Å². The first-order valence-corrected chi connectivity index (χ1v) is 10.1. The van der Waals surface area contributed by atoms with E-state index >= 15 is 0 Å². The third-order valence-electron chi connectivity index (χ3n) is 4.86. The molecular formula is C26H24ClFN2O2. The lowest BCUT2D eigenvalue weighted by Crippen LogP contribution is -2.04. The number of nitrogens with two attached hydrogens (primary N) is 1. The minimum atomic E-state index is -0.327. The SMILES string of the molecule is Cl.NCc1cc(F)ccc1-c1ccc(OCc2ccccc2)nc1OCc1ccccc1. The van der Waals surface area contributed by atoms with Crippen molar-refractivity contribution in [1.29, 1.82) is 0 Å². The number of hydrogen-bond acceptors (Lipinski definition) is 4. The quantitative estimate of drug-likeness (QED) is 0.361. The molecule has 4 rings (SSSR count). The molecule has 0 amide bonds. The van der Waals surface area contributed by atoms with Gasteiger partial charge in [0, 0.05) is 18.2 Å². The monoisotopic (exact) mass is 450 g/mol. The van der Waals surface area contributed by atoms with Crippen LogP contribution in [0.4, 0.5) is 4.39 Å². The van der Waals surface area contributed by atoms with E-state index in [2.05, 4.69) is 4.98 Å². The maximum atomic E-state index is 13.7. The average molecular weight is 451 g/mol. The van der Waals surface area contributed by atoms with Gasteiger partial charge in [-0.25, -0.2) is 4.39 Å². The highest BCUT2D eigenvalue weighted by Crippen LogP contribution is 2.34. The molecule has 0 saturated carbocycles. The van der Waals surface area contributed by atoms with Gasteiger partial charge in [0.25, 0.3) is 0 Å². The highest BCUT2D eigenvalue weighted by atomic mass is 35.5. The lowest BCUT2D eigenvalue weighted by atomic mass is 10.0. The van der Waals surface area contributed by atoms with Gasteiger partial charge in [-0.3, -0.25) is 0 Å². The number of pyridine rings is 1. The van der Waals surface area contributed by atoms with E-state index in [1.165, 1.54) is 12.1 Å². The van der Waals surface area contributed by atoms with Gasteiger partial charge in [0.1, 0.15) is 19.0 Å². The smallest absolute Gasteiger partial charge is 0.225 e. The molecule has 0 saturated heterocycles. The predicted molar refractivity (Wildman–Crippen MR) is 126 cm³/mol. The van der Waals surface area contributed by atoms with Crippen molar-refractivity contribution in [3.63, 3.8) is 0 Å². The summed E-state index contributed by atoms with van der Waals surface area (Å²) in [6, 6.07) is 27.9. The maximum Gasteiger partial charge on any atom is 0.225 e. The molecule has 0 aliphatic carbocycles. The zero-order valence-corrected chi connectivity index (χ0v) is 18.2. The summed E-state index contributed by atoms with van der Waals surface area (Å²) in [6.45, 7) is 0.954. The Morgan fingerprint density at radius 3 is 1.94 bits per heavy atom. The number of halogens is 2. The van der Waals surface area contributed by atoms with E-state index < -0.39 is 0 Å². The van der Waals surface area contributed by atoms with E-state index in [9.17, 15) is 4.39 Å². The van der Waals surface area contributed by atoms with Crippen molar-refractivity contribution < 1.29 is 13.9 Å². The Balaban J connectivity index is 0.00000289. The fraction of sp³-hybridized carbons (Fsp3) is 0.115. The highest BCUT2D eigenvalue weighted by molar-refractivity contribution is 5.85. The third kappa shape index (κ3) is 5.84. The lowest BCUT2D eigenvalue weighted by Gasteiger charge is -2.15. The van der Waals surface area contributed by atoms with Crippen LogP contribution in [0.15, 0.2) is 91.0 Å². The molecule has 1 heterocycles. The Labute approximate surface area is 193 Å². The summed E-state index contributed by atoms with van der Waals surface area (Å²) in [5.74, 6) is 0.537. The van der Waals surface area contributed by atoms with Gasteiger partial charge in [-0.05, 0) is 40.5 Å². The molecule has 0 atom stereocenters.